The molecule has 2 fully saturated rings. The van der Waals surface area contributed by atoms with E-state index in [4.69, 9.17) is 9.02 Å². The zero-order chi connectivity index (χ0) is 20.3. The van der Waals surface area contributed by atoms with E-state index in [-0.39, 0.29) is 18.2 Å². The Kier molecular flexibility index (Phi) is 6.32. The first kappa shape index (κ1) is 20.5. The molecule has 7 heteroatoms. The maximum Gasteiger partial charge on any atom is 0.264 e. The second-order valence-corrected chi connectivity index (χ2v) is 9.52. The van der Waals surface area contributed by atoms with E-state index in [2.05, 4.69) is 29.2 Å². The predicted octanol–water partition coefficient (Wildman–Crippen LogP) is 2.81. The first-order valence-corrected chi connectivity index (χ1v) is 11.9. The Balaban J connectivity index is 1.44. The molecule has 0 aliphatic carbocycles. The fourth-order valence-corrected chi connectivity index (χ4v) is 4.96. The van der Waals surface area contributed by atoms with E-state index in [0.29, 0.717) is 13.0 Å². The molecule has 0 radical (unpaired) electrons. The van der Waals surface area contributed by atoms with Crippen LogP contribution >= 0.6 is 0 Å². The number of rotatable bonds is 7. The average molecular weight is 417 g/mol. The maximum absolute atomic E-state index is 11.7. The standard InChI is InChI=1S/C22H28N2O4S/c1-29(25,26)28-20-14-21(23(17-20)15-18-8-4-2-5-9-18)22-12-13-24(27-22)16-19-10-6-3-7-11-19/h2-11,20-22H,12-17H2,1H3/t20-,21+,22-/m1/s1. The van der Waals surface area contributed by atoms with E-state index in [1.165, 1.54) is 11.1 Å². The van der Waals surface area contributed by atoms with E-state index < -0.39 is 10.1 Å². The molecule has 0 saturated carbocycles. The van der Waals surface area contributed by atoms with Gasteiger partial charge in [0.2, 0.25) is 0 Å². The van der Waals surface area contributed by atoms with Crippen LogP contribution in [0.1, 0.15) is 24.0 Å². The summed E-state index contributed by atoms with van der Waals surface area (Å²) in [5, 5.41) is 2.02. The van der Waals surface area contributed by atoms with Gasteiger partial charge in [-0.25, -0.2) is 0 Å². The molecule has 156 valence electrons. The molecule has 0 bridgehead atoms. The topological polar surface area (TPSA) is 59.1 Å². The second-order valence-electron chi connectivity index (χ2n) is 7.92. The van der Waals surface area contributed by atoms with E-state index in [1.807, 2.05) is 41.5 Å². The van der Waals surface area contributed by atoms with Crippen molar-refractivity contribution in [3.05, 3.63) is 71.8 Å². The van der Waals surface area contributed by atoms with Crippen molar-refractivity contribution in [1.29, 1.82) is 0 Å². The molecule has 0 spiro atoms. The molecule has 0 N–H and O–H groups in total. The molecule has 2 saturated heterocycles. The van der Waals surface area contributed by atoms with E-state index in [0.717, 1.165) is 32.3 Å². The highest BCUT2D eigenvalue weighted by molar-refractivity contribution is 7.86. The summed E-state index contributed by atoms with van der Waals surface area (Å²) < 4.78 is 28.7. The summed E-state index contributed by atoms with van der Waals surface area (Å²) in [7, 11) is -3.48. The SMILES string of the molecule is CS(=O)(=O)O[C@@H]1C[C@@H]([C@H]2CCN(Cc3ccccc3)O2)N(Cc2ccccc2)C1. The van der Waals surface area contributed by atoms with Crippen LogP contribution in [0.2, 0.25) is 0 Å². The molecule has 6 nitrogen and oxygen atoms in total. The number of hydroxylamine groups is 2. The molecule has 4 rings (SSSR count). The Bertz CT molecular complexity index is 892. The lowest BCUT2D eigenvalue weighted by Crippen LogP contribution is -2.39. The number of hydrogen-bond acceptors (Lipinski definition) is 6. The van der Waals surface area contributed by atoms with Gasteiger partial charge < -0.3 is 0 Å². The van der Waals surface area contributed by atoms with Crippen LogP contribution in [0.15, 0.2) is 60.7 Å². The second kappa shape index (κ2) is 8.93. The van der Waals surface area contributed by atoms with Crippen molar-refractivity contribution < 1.29 is 17.4 Å². The van der Waals surface area contributed by atoms with Gasteiger partial charge in [0.1, 0.15) is 0 Å². The lowest BCUT2D eigenvalue weighted by molar-refractivity contribution is -0.167. The van der Waals surface area contributed by atoms with Crippen LogP contribution in [0.4, 0.5) is 0 Å². The number of likely N-dealkylation sites (tertiary alicyclic amines) is 1. The minimum Gasteiger partial charge on any atom is -0.294 e. The molecular weight excluding hydrogens is 388 g/mol. The monoisotopic (exact) mass is 416 g/mol. The summed E-state index contributed by atoms with van der Waals surface area (Å²) in [6.07, 6.45) is 2.41. The first-order chi connectivity index (χ1) is 14.0. The van der Waals surface area contributed by atoms with Crippen molar-refractivity contribution in [3.8, 4) is 0 Å². The normalized spacial score (nSPS) is 26.2. The van der Waals surface area contributed by atoms with Crippen molar-refractivity contribution >= 4 is 10.1 Å². The van der Waals surface area contributed by atoms with E-state index in [9.17, 15) is 8.42 Å². The summed E-state index contributed by atoms with van der Waals surface area (Å²) in [5.41, 5.74) is 2.43. The van der Waals surface area contributed by atoms with Crippen molar-refractivity contribution in [3.63, 3.8) is 0 Å². The lowest BCUT2D eigenvalue weighted by atomic mass is 10.0. The summed E-state index contributed by atoms with van der Waals surface area (Å²) in [6.45, 7) is 2.97. The van der Waals surface area contributed by atoms with Crippen LogP contribution in [0.3, 0.4) is 0 Å². The molecule has 2 heterocycles. The number of nitrogens with zero attached hydrogens (tertiary/aromatic N) is 2. The van der Waals surface area contributed by atoms with E-state index >= 15 is 0 Å². The van der Waals surface area contributed by atoms with Crippen LogP contribution in [0, 0.1) is 0 Å². The van der Waals surface area contributed by atoms with Gasteiger partial charge in [-0.2, -0.15) is 13.5 Å². The maximum atomic E-state index is 11.7. The molecule has 0 amide bonds. The molecule has 2 aliphatic heterocycles. The molecular formula is C22H28N2O4S. The molecule has 29 heavy (non-hydrogen) atoms. The molecule has 2 aromatic rings. The number of benzene rings is 2. The van der Waals surface area contributed by atoms with Gasteiger partial charge in [0.15, 0.2) is 0 Å². The molecule has 2 aliphatic rings. The van der Waals surface area contributed by atoms with Gasteiger partial charge in [-0.15, -0.1) is 0 Å². The highest BCUT2D eigenvalue weighted by Crippen LogP contribution is 2.31. The van der Waals surface area contributed by atoms with Crippen LogP contribution in [-0.4, -0.2) is 56.0 Å². The van der Waals surface area contributed by atoms with Gasteiger partial charge in [0.05, 0.1) is 18.5 Å². The Morgan fingerprint density at radius 1 is 1.00 bits per heavy atom. The minimum atomic E-state index is -3.48. The highest BCUT2D eigenvalue weighted by atomic mass is 32.2. The summed E-state index contributed by atoms with van der Waals surface area (Å²) >= 11 is 0. The molecule has 3 atom stereocenters. The summed E-state index contributed by atoms with van der Waals surface area (Å²) in [4.78, 5) is 8.59. The van der Waals surface area contributed by atoms with Gasteiger partial charge in [-0.1, -0.05) is 60.7 Å². The largest absolute Gasteiger partial charge is 0.294 e. The third kappa shape index (κ3) is 5.65. The van der Waals surface area contributed by atoms with Gasteiger partial charge in [-0.3, -0.25) is 13.9 Å². The average Bonchev–Trinajstić information content (AvgIpc) is 3.29. The van der Waals surface area contributed by atoms with Crippen molar-refractivity contribution in [1.82, 2.24) is 9.96 Å². The fraction of sp³-hybridized carbons (Fsp3) is 0.455. The highest BCUT2D eigenvalue weighted by Gasteiger charge is 2.42. The summed E-state index contributed by atoms with van der Waals surface area (Å²) in [6, 6.07) is 20.7. The van der Waals surface area contributed by atoms with Gasteiger partial charge in [0, 0.05) is 32.2 Å². The summed E-state index contributed by atoms with van der Waals surface area (Å²) in [5.74, 6) is 0. The first-order valence-electron chi connectivity index (χ1n) is 10.1. The zero-order valence-corrected chi connectivity index (χ0v) is 17.5. The fourth-order valence-electron chi connectivity index (χ4n) is 4.33. The van der Waals surface area contributed by atoms with Crippen molar-refractivity contribution in [2.75, 3.05) is 19.3 Å². The Hall–Kier alpha value is -1.77. The zero-order valence-electron chi connectivity index (χ0n) is 16.7. The molecule has 0 aromatic heterocycles. The Labute approximate surface area is 173 Å². The van der Waals surface area contributed by atoms with Crippen molar-refractivity contribution in [2.45, 2.75) is 44.2 Å². The molecule has 2 aromatic carbocycles. The van der Waals surface area contributed by atoms with Crippen LogP contribution in [0.5, 0.6) is 0 Å². The Morgan fingerprint density at radius 3 is 2.24 bits per heavy atom. The molecule has 0 unspecified atom stereocenters. The smallest absolute Gasteiger partial charge is 0.264 e. The van der Waals surface area contributed by atoms with Gasteiger partial charge in [0.25, 0.3) is 10.1 Å². The van der Waals surface area contributed by atoms with Gasteiger partial charge in [-0.05, 0) is 24.0 Å². The lowest BCUT2D eigenvalue weighted by Gasteiger charge is -2.28. The third-order valence-corrected chi connectivity index (χ3v) is 6.15. The predicted molar refractivity (Wildman–Crippen MR) is 111 cm³/mol. The Morgan fingerprint density at radius 2 is 1.62 bits per heavy atom. The van der Waals surface area contributed by atoms with Crippen LogP contribution in [-0.2, 0) is 32.2 Å². The van der Waals surface area contributed by atoms with Crippen LogP contribution < -0.4 is 0 Å². The van der Waals surface area contributed by atoms with Crippen molar-refractivity contribution in [2.24, 2.45) is 0 Å². The third-order valence-electron chi connectivity index (χ3n) is 5.53. The quantitative estimate of drug-likeness (QED) is 0.647. The van der Waals surface area contributed by atoms with Gasteiger partial charge >= 0.3 is 0 Å². The minimum absolute atomic E-state index is 0.0376. The van der Waals surface area contributed by atoms with Crippen LogP contribution in [0.25, 0.3) is 0 Å². The van der Waals surface area contributed by atoms with E-state index in [1.54, 1.807) is 0 Å². The number of hydrogen-bond donors (Lipinski definition) is 0.